The molecule has 48 heavy (non-hydrogen) atoms. The lowest BCUT2D eigenvalue weighted by atomic mass is 9.93. The molecule has 0 radical (unpaired) electrons. The van der Waals surface area contributed by atoms with Crippen LogP contribution < -0.4 is 26.5 Å². The molecular weight excluding hydrogens is 622 g/mol. The van der Waals surface area contributed by atoms with Crippen LogP contribution in [0.15, 0.2) is 187 Å². The van der Waals surface area contributed by atoms with Crippen molar-refractivity contribution >= 4 is 62.4 Å². The van der Waals surface area contributed by atoms with E-state index in [4.69, 9.17) is 0 Å². The van der Waals surface area contributed by atoms with Crippen LogP contribution in [-0.4, -0.2) is 0 Å². The van der Waals surface area contributed by atoms with E-state index >= 15 is 9.13 Å². The Morgan fingerprint density at radius 1 is 0.417 bits per heavy atom. The van der Waals surface area contributed by atoms with Crippen LogP contribution in [0, 0.1) is 0 Å². The van der Waals surface area contributed by atoms with E-state index in [1.54, 1.807) is 0 Å². The largest absolute Gasteiger partial charge is 0.309 e. The summed E-state index contributed by atoms with van der Waals surface area (Å²) in [4.78, 5) is 0. The molecule has 8 rings (SSSR count). The van der Waals surface area contributed by atoms with Crippen molar-refractivity contribution in [3.63, 3.8) is 0 Å². The van der Waals surface area contributed by atoms with Crippen LogP contribution >= 0.6 is 14.3 Å². The zero-order valence-corrected chi connectivity index (χ0v) is 28.2. The van der Waals surface area contributed by atoms with Crippen molar-refractivity contribution in [2.75, 3.05) is 0 Å². The highest BCUT2D eigenvalue weighted by Crippen LogP contribution is 2.58. The first-order valence-electron chi connectivity index (χ1n) is 16.4. The SMILES string of the molecule is O=P(C1=CC=CCC1)(c1ccccc1)c1ccc2ccccc2c1-c1c(P(=O)(c2ccccc2)c2ccccc2)ccc2ccccc12. The molecule has 0 aliphatic heterocycles. The summed E-state index contributed by atoms with van der Waals surface area (Å²) in [6.07, 6.45) is 7.78. The molecule has 1 unspecified atom stereocenters. The molecule has 232 valence electrons. The van der Waals surface area contributed by atoms with Crippen molar-refractivity contribution in [1.82, 2.24) is 0 Å². The highest BCUT2D eigenvalue weighted by atomic mass is 31.2. The number of rotatable bonds is 7. The van der Waals surface area contributed by atoms with Gasteiger partial charge in [0.25, 0.3) is 0 Å². The van der Waals surface area contributed by atoms with E-state index in [0.717, 1.165) is 70.9 Å². The number of fused-ring (bicyclic) bond motifs is 2. The van der Waals surface area contributed by atoms with Gasteiger partial charge in [-0.3, -0.25) is 0 Å². The molecule has 0 saturated heterocycles. The van der Waals surface area contributed by atoms with E-state index in [2.05, 4.69) is 60.7 Å². The molecular formula is C44H34O2P2. The molecule has 1 aliphatic carbocycles. The standard InChI is InChI=1S/C44H34O2P2/c45-47(35-19-5-1-6-20-35,36-21-7-2-8-22-36)41-31-29-33-17-13-15-27-39(33)43(41)44-40-28-16-14-18-34(40)30-32-42(44)48(46,37-23-9-3-10-24-37)38-25-11-4-12-26-38/h1-11,13-25,27-32H,12,26H2. The van der Waals surface area contributed by atoms with Gasteiger partial charge in [-0.15, -0.1) is 0 Å². The highest BCUT2D eigenvalue weighted by Gasteiger charge is 2.38. The van der Waals surface area contributed by atoms with Gasteiger partial charge in [0, 0.05) is 37.6 Å². The van der Waals surface area contributed by atoms with Crippen molar-refractivity contribution in [1.29, 1.82) is 0 Å². The van der Waals surface area contributed by atoms with Gasteiger partial charge < -0.3 is 9.13 Å². The zero-order valence-electron chi connectivity index (χ0n) is 26.4. The van der Waals surface area contributed by atoms with Crippen molar-refractivity contribution in [2.45, 2.75) is 12.8 Å². The third-order valence-corrected chi connectivity index (χ3v) is 15.9. The highest BCUT2D eigenvalue weighted by molar-refractivity contribution is 7.85. The second-order valence-electron chi connectivity index (χ2n) is 12.2. The van der Waals surface area contributed by atoms with Gasteiger partial charge in [-0.2, -0.15) is 0 Å². The second-order valence-corrected chi connectivity index (χ2v) is 17.7. The maximum absolute atomic E-state index is 16.3. The fraction of sp³-hybridized carbons (Fsp3) is 0.0455. The quantitative estimate of drug-likeness (QED) is 0.160. The number of benzene rings is 7. The molecule has 1 atom stereocenters. The van der Waals surface area contributed by atoms with Crippen LogP contribution in [0.25, 0.3) is 32.7 Å². The fourth-order valence-electron chi connectivity index (χ4n) is 7.22. The first kappa shape index (κ1) is 30.3. The Kier molecular flexibility index (Phi) is 7.93. The average molecular weight is 657 g/mol. The minimum Gasteiger partial charge on any atom is -0.309 e. The van der Waals surface area contributed by atoms with Crippen LogP contribution in [0.1, 0.15) is 12.8 Å². The van der Waals surface area contributed by atoms with Crippen LogP contribution in [0.3, 0.4) is 0 Å². The predicted octanol–water partition coefficient (Wildman–Crippen LogP) is 9.85. The molecule has 2 nitrogen and oxygen atoms in total. The molecule has 1 aliphatic rings. The molecule has 0 bridgehead atoms. The Morgan fingerprint density at radius 2 is 0.833 bits per heavy atom. The molecule has 0 amide bonds. The Balaban J connectivity index is 1.58. The lowest BCUT2D eigenvalue weighted by molar-refractivity contribution is 0.589. The van der Waals surface area contributed by atoms with Crippen LogP contribution in [0.5, 0.6) is 0 Å². The summed E-state index contributed by atoms with van der Waals surface area (Å²) in [5.74, 6) is 0. The van der Waals surface area contributed by atoms with Gasteiger partial charge >= 0.3 is 0 Å². The summed E-state index contributed by atoms with van der Waals surface area (Å²) >= 11 is 0. The normalized spacial score (nSPS) is 14.5. The summed E-state index contributed by atoms with van der Waals surface area (Å²) in [7, 11) is -6.83. The predicted molar refractivity (Wildman–Crippen MR) is 206 cm³/mol. The number of hydrogen-bond acceptors (Lipinski definition) is 2. The smallest absolute Gasteiger partial charge is 0.171 e. The van der Waals surface area contributed by atoms with Gasteiger partial charge in [-0.25, -0.2) is 0 Å². The summed E-state index contributed by atoms with van der Waals surface area (Å²) in [6.45, 7) is 0. The van der Waals surface area contributed by atoms with Crippen molar-refractivity contribution < 1.29 is 9.13 Å². The molecule has 7 aromatic carbocycles. The lowest BCUT2D eigenvalue weighted by Crippen LogP contribution is -2.28. The summed E-state index contributed by atoms with van der Waals surface area (Å²) in [5.41, 5.74) is 1.76. The van der Waals surface area contributed by atoms with E-state index in [0.29, 0.717) is 6.42 Å². The first-order valence-corrected chi connectivity index (χ1v) is 19.8. The molecule has 0 fully saturated rings. The Labute approximate surface area is 281 Å². The fourth-order valence-corrected chi connectivity index (χ4v) is 13.2. The number of hydrogen-bond donors (Lipinski definition) is 0. The topological polar surface area (TPSA) is 34.1 Å². The maximum Gasteiger partial charge on any atom is 0.171 e. The van der Waals surface area contributed by atoms with E-state index in [1.165, 1.54) is 0 Å². The summed E-state index contributed by atoms with van der Waals surface area (Å²) in [6, 6.07) is 54.6. The molecule has 0 spiro atoms. The van der Waals surface area contributed by atoms with Crippen LogP contribution in [-0.2, 0) is 9.13 Å². The van der Waals surface area contributed by atoms with E-state index in [9.17, 15) is 0 Å². The van der Waals surface area contributed by atoms with Gasteiger partial charge in [0.05, 0.1) is 0 Å². The number of allylic oxidation sites excluding steroid dienone is 4. The van der Waals surface area contributed by atoms with Crippen LogP contribution in [0.2, 0.25) is 0 Å². The Bertz CT molecular complexity index is 2400. The molecule has 0 N–H and O–H groups in total. The monoisotopic (exact) mass is 656 g/mol. The van der Waals surface area contributed by atoms with Crippen LogP contribution in [0.4, 0.5) is 0 Å². The van der Waals surface area contributed by atoms with Crippen molar-refractivity contribution in [3.8, 4) is 11.1 Å². The maximum atomic E-state index is 16.3. The molecule has 4 heteroatoms. The summed E-state index contributed by atoms with van der Waals surface area (Å²) in [5, 5.41) is 8.84. The van der Waals surface area contributed by atoms with Gasteiger partial charge in [-0.05, 0) is 51.8 Å². The molecule has 0 heterocycles. The van der Waals surface area contributed by atoms with Gasteiger partial charge in [0.15, 0.2) is 14.3 Å². The van der Waals surface area contributed by atoms with E-state index < -0.39 is 14.3 Å². The molecule has 0 saturated carbocycles. The van der Waals surface area contributed by atoms with Gasteiger partial charge in [0.1, 0.15) is 0 Å². The second kappa shape index (κ2) is 12.6. The lowest BCUT2D eigenvalue weighted by Gasteiger charge is -2.29. The Morgan fingerprint density at radius 3 is 1.29 bits per heavy atom. The average Bonchev–Trinajstić information content (AvgIpc) is 3.18. The zero-order chi connectivity index (χ0) is 32.6. The minimum absolute atomic E-state index is 0.712. The third kappa shape index (κ3) is 4.96. The van der Waals surface area contributed by atoms with E-state index in [1.807, 2.05) is 121 Å². The van der Waals surface area contributed by atoms with Gasteiger partial charge in [-0.1, -0.05) is 170 Å². The molecule has 7 aromatic rings. The van der Waals surface area contributed by atoms with Crippen molar-refractivity contribution in [3.05, 3.63) is 187 Å². The summed E-state index contributed by atoms with van der Waals surface area (Å²) < 4.78 is 32.5. The van der Waals surface area contributed by atoms with Gasteiger partial charge in [0.2, 0.25) is 0 Å². The van der Waals surface area contributed by atoms with E-state index in [-0.39, 0.29) is 0 Å². The third-order valence-electron chi connectivity index (χ3n) is 9.50. The molecule has 0 aromatic heterocycles. The Hall–Kier alpha value is -5.00. The minimum atomic E-state index is -3.45. The van der Waals surface area contributed by atoms with Crippen molar-refractivity contribution in [2.24, 2.45) is 0 Å². The first-order chi connectivity index (χ1) is 23.6.